The second kappa shape index (κ2) is 6.44. The maximum atomic E-state index is 4.75. The maximum Gasteiger partial charge on any atom is 0.194 e. The highest BCUT2D eigenvalue weighted by Gasteiger charge is 2.26. The lowest BCUT2D eigenvalue weighted by Gasteiger charge is -2.14. The van der Waals surface area contributed by atoms with E-state index in [0.29, 0.717) is 6.04 Å². The summed E-state index contributed by atoms with van der Waals surface area (Å²) in [6.45, 7) is 4.85. The van der Waals surface area contributed by atoms with Crippen LogP contribution in [0.3, 0.4) is 0 Å². The molecule has 0 amide bonds. The topological polar surface area (TPSA) is 27.6 Å². The lowest BCUT2D eigenvalue weighted by atomic mass is 10.1. The summed E-state index contributed by atoms with van der Waals surface area (Å²) in [5, 5.41) is 3.55. The molecule has 108 valence electrons. The summed E-state index contributed by atoms with van der Waals surface area (Å²) < 4.78 is 0. The third kappa shape index (κ3) is 3.24. The fourth-order valence-corrected chi connectivity index (χ4v) is 2.65. The van der Waals surface area contributed by atoms with E-state index in [4.69, 9.17) is 4.99 Å². The van der Waals surface area contributed by atoms with E-state index in [0.717, 1.165) is 25.6 Å². The van der Waals surface area contributed by atoms with Gasteiger partial charge in [-0.1, -0.05) is 60.7 Å². The van der Waals surface area contributed by atoms with Crippen molar-refractivity contribution in [3.8, 4) is 0 Å². The first-order valence-corrected chi connectivity index (χ1v) is 7.51. The Morgan fingerprint density at radius 2 is 1.71 bits per heavy atom. The molecule has 1 aliphatic heterocycles. The van der Waals surface area contributed by atoms with E-state index < -0.39 is 0 Å². The number of benzene rings is 2. The minimum absolute atomic E-state index is 0.334. The summed E-state index contributed by atoms with van der Waals surface area (Å²) in [6.07, 6.45) is 0. The van der Waals surface area contributed by atoms with Crippen LogP contribution in [0.4, 0.5) is 0 Å². The fraction of sp³-hybridized carbons (Fsp3) is 0.278. The molecular formula is C18H21N3. The van der Waals surface area contributed by atoms with E-state index in [9.17, 15) is 0 Å². The van der Waals surface area contributed by atoms with E-state index in [1.807, 2.05) is 6.07 Å². The standard InChI is InChI=1S/C18H21N3/c1-2-21-14-17(16-11-7-4-8-12-16)20-18(21)19-13-15-9-5-3-6-10-15/h3-12,17H,2,13-14H2,1H3,(H,19,20). The summed E-state index contributed by atoms with van der Waals surface area (Å²) >= 11 is 0. The van der Waals surface area contributed by atoms with Crippen LogP contribution in [0.25, 0.3) is 0 Å². The van der Waals surface area contributed by atoms with Gasteiger partial charge >= 0.3 is 0 Å². The average molecular weight is 279 g/mol. The first kappa shape index (κ1) is 13.7. The van der Waals surface area contributed by atoms with Crippen molar-refractivity contribution in [3.63, 3.8) is 0 Å². The van der Waals surface area contributed by atoms with Gasteiger partial charge in [0.05, 0.1) is 12.6 Å². The first-order valence-electron chi connectivity index (χ1n) is 7.51. The fourth-order valence-electron chi connectivity index (χ4n) is 2.65. The molecule has 1 aliphatic rings. The molecule has 2 aromatic carbocycles. The van der Waals surface area contributed by atoms with Gasteiger partial charge in [-0.3, -0.25) is 0 Å². The van der Waals surface area contributed by atoms with Gasteiger partial charge in [0.2, 0.25) is 0 Å². The van der Waals surface area contributed by atoms with Crippen LogP contribution in [0.5, 0.6) is 0 Å². The molecule has 1 atom stereocenters. The highest BCUT2D eigenvalue weighted by atomic mass is 15.4. The van der Waals surface area contributed by atoms with Crippen LogP contribution in [0.15, 0.2) is 65.7 Å². The Morgan fingerprint density at radius 1 is 1.05 bits per heavy atom. The molecule has 0 saturated carbocycles. The maximum absolute atomic E-state index is 4.75. The van der Waals surface area contributed by atoms with Gasteiger partial charge in [0.15, 0.2) is 5.96 Å². The monoisotopic (exact) mass is 279 g/mol. The van der Waals surface area contributed by atoms with Crippen molar-refractivity contribution in [2.24, 2.45) is 4.99 Å². The molecule has 0 bridgehead atoms. The summed E-state index contributed by atoms with van der Waals surface area (Å²) in [5.74, 6) is 1.01. The summed E-state index contributed by atoms with van der Waals surface area (Å²) in [7, 11) is 0. The third-order valence-corrected chi connectivity index (χ3v) is 3.84. The van der Waals surface area contributed by atoms with Crippen molar-refractivity contribution in [2.45, 2.75) is 19.5 Å². The molecule has 0 aromatic heterocycles. The molecule has 21 heavy (non-hydrogen) atoms. The zero-order valence-electron chi connectivity index (χ0n) is 12.4. The molecule has 3 nitrogen and oxygen atoms in total. The van der Waals surface area contributed by atoms with Crippen molar-refractivity contribution in [1.82, 2.24) is 10.2 Å². The lowest BCUT2D eigenvalue weighted by molar-refractivity contribution is 0.455. The Kier molecular flexibility index (Phi) is 4.20. The van der Waals surface area contributed by atoms with E-state index in [1.165, 1.54) is 11.1 Å². The van der Waals surface area contributed by atoms with Gasteiger partial charge in [-0.2, -0.15) is 0 Å². The smallest absolute Gasteiger partial charge is 0.194 e. The molecule has 1 saturated heterocycles. The Morgan fingerprint density at radius 3 is 2.38 bits per heavy atom. The predicted molar refractivity (Wildman–Crippen MR) is 87.1 cm³/mol. The van der Waals surface area contributed by atoms with Crippen LogP contribution in [0.1, 0.15) is 24.1 Å². The first-order chi connectivity index (χ1) is 10.4. The number of nitrogens with one attached hydrogen (secondary N) is 1. The van der Waals surface area contributed by atoms with Crippen LogP contribution in [-0.2, 0) is 6.54 Å². The van der Waals surface area contributed by atoms with Crippen molar-refractivity contribution >= 4 is 5.96 Å². The molecule has 0 spiro atoms. The molecule has 1 unspecified atom stereocenters. The molecule has 1 heterocycles. The SMILES string of the molecule is CCN1CC(c2ccccc2)NC1=NCc1ccccc1. The normalized spacial score (nSPS) is 19.8. The zero-order valence-corrected chi connectivity index (χ0v) is 12.4. The molecule has 1 fully saturated rings. The van der Waals surface area contributed by atoms with Crippen molar-refractivity contribution < 1.29 is 0 Å². The average Bonchev–Trinajstić information content (AvgIpc) is 2.98. The van der Waals surface area contributed by atoms with Gasteiger partial charge in [-0.15, -0.1) is 0 Å². The van der Waals surface area contributed by atoms with Crippen molar-refractivity contribution in [2.75, 3.05) is 13.1 Å². The number of guanidine groups is 1. The molecule has 0 aliphatic carbocycles. The largest absolute Gasteiger partial charge is 0.348 e. The zero-order chi connectivity index (χ0) is 14.5. The second-order valence-corrected chi connectivity index (χ2v) is 5.27. The van der Waals surface area contributed by atoms with Gasteiger partial charge in [0, 0.05) is 13.1 Å². The highest BCUT2D eigenvalue weighted by molar-refractivity contribution is 5.82. The molecule has 2 aromatic rings. The van der Waals surface area contributed by atoms with E-state index in [-0.39, 0.29) is 0 Å². The third-order valence-electron chi connectivity index (χ3n) is 3.84. The minimum atomic E-state index is 0.334. The molecule has 0 radical (unpaired) electrons. The van der Waals surface area contributed by atoms with E-state index in [2.05, 4.69) is 71.7 Å². The van der Waals surface area contributed by atoms with Crippen molar-refractivity contribution in [3.05, 3.63) is 71.8 Å². The number of hydrogen-bond acceptors (Lipinski definition) is 1. The molecule has 3 rings (SSSR count). The predicted octanol–water partition coefficient (Wildman–Crippen LogP) is 3.21. The number of likely N-dealkylation sites (N-methyl/N-ethyl adjacent to an activating group) is 1. The van der Waals surface area contributed by atoms with Gasteiger partial charge in [-0.25, -0.2) is 4.99 Å². The van der Waals surface area contributed by atoms with E-state index in [1.54, 1.807) is 0 Å². The quantitative estimate of drug-likeness (QED) is 0.930. The molecule has 3 heteroatoms. The second-order valence-electron chi connectivity index (χ2n) is 5.27. The van der Waals surface area contributed by atoms with Crippen molar-refractivity contribution in [1.29, 1.82) is 0 Å². The van der Waals surface area contributed by atoms with Crippen LogP contribution >= 0.6 is 0 Å². The number of rotatable bonds is 4. The van der Waals surface area contributed by atoms with Gasteiger partial charge in [0.1, 0.15) is 0 Å². The number of aliphatic imine (C=N–C) groups is 1. The van der Waals surface area contributed by atoms with Crippen LogP contribution < -0.4 is 5.32 Å². The van der Waals surface area contributed by atoms with Crippen LogP contribution in [-0.4, -0.2) is 23.9 Å². The number of nitrogens with zero attached hydrogens (tertiary/aromatic N) is 2. The molecule has 1 N–H and O–H groups in total. The lowest BCUT2D eigenvalue weighted by Crippen LogP contribution is -2.30. The number of hydrogen-bond donors (Lipinski definition) is 1. The summed E-state index contributed by atoms with van der Waals surface area (Å²) in [4.78, 5) is 7.06. The van der Waals surface area contributed by atoms with E-state index >= 15 is 0 Å². The summed E-state index contributed by atoms with van der Waals surface area (Å²) in [5.41, 5.74) is 2.56. The highest BCUT2D eigenvalue weighted by Crippen LogP contribution is 2.20. The van der Waals surface area contributed by atoms with Gasteiger partial charge in [0.25, 0.3) is 0 Å². The Bertz CT molecular complexity index is 592. The minimum Gasteiger partial charge on any atom is -0.348 e. The molecular weight excluding hydrogens is 258 g/mol. The Hall–Kier alpha value is -2.29. The van der Waals surface area contributed by atoms with Crippen LogP contribution in [0.2, 0.25) is 0 Å². The Balaban J connectivity index is 1.73. The summed E-state index contributed by atoms with van der Waals surface area (Å²) in [6, 6.07) is 21.3. The van der Waals surface area contributed by atoms with Crippen LogP contribution in [0, 0.1) is 0 Å². The van der Waals surface area contributed by atoms with Gasteiger partial charge in [-0.05, 0) is 18.1 Å². The van der Waals surface area contributed by atoms with Gasteiger partial charge < -0.3 is 10.2 Å². The Labute approximate surface area is 126 Å².